The van der Waals surface area contributed by atoms with Crippen LogP contribution in [-0.2, 0) is 17.6 Å². The molecular formula is C26H24N2O3. The van der Waals surface area contributed by atoms with Gasteiger partial charge < -0.3 is 14.9 Å². The molecule has 4 aromatic rings. The van der Waals surface area contributed by atoms with Crippen molar-refractivity contribution in [1.82, 2.24) is 4.40 Å². The summed E-state index contributed by atoms with van der Waals surface area (Å²) in [5.74, 6) is -1.02. The standard InChI is InChI=1S/C26H24N2O3/c1-3-20-22(15-18-11-7-8-12-21(18)17-9-5-4-6-10-17)28-14-13-19(31-2)16-23(28)24(20)25(29)26(27)30/h4-14,16H,3,15H2,1-2H3,(H2,27,30). The van der Waals surface area contributed by atoms with Gasteiger partial charge in [0.05, 0.1) is 18.2 Å². The number of hydrogen-bond donors (Lipinski definition) is 1. The number of carbonyl (C=O) groups is 2. The largest absolute Gasteiger partial charge is 0.497 e. The third kappa shape index (κ3) is 3.70. The molecule has 31 heavy (non-hydrogen) atoms. The average Bonchev–Trinajstić information content (AvgIpc) is 3.11. The van der Waals surface area contributed by atoms with Crippen molar-refractivity contribution < 1.29 is 14.3 Å². The van der Waals surface area contributed by atoms with E-state index in [2.05, 4.69) is 24.3 Å². The number of nitrogens with zero attached hydrogens (tertiary/aromatic N) is 1. The van der Waals surface area contributed by atoms with Crippen molar-refractivity contribution in [3.8, 4) is 16.9 Å². The van der Waals surface area contributed by atoms with Gasteiger partial charge in [-0.1, -0.05) is 61.5 Å². The normalized spacial score (nSPS) is 10.9. The second-order valence-electron chi connectivity index (χ2n) is 7.37. The summed E-state index contributed by atoms with van der Waals surface area (Å²) in [6.07, 6.45) is 3.08. The first-order valence-corrected chi connectivity index (χ1v) is 10.2. The molecule has 2 aromatic carbocycles. The molecule has 0 saturated carbocycles. The molecule has 2 N–H and O–H groups in total. The SMILES string of the molecule is CCc1c(C(=O)C(N)=O)c2cc(OC)ccn2c1Cc1ccccc1-c1ccccc1. The van der Waals surface area contributed by atoms with Crippen LogP contribution in [0.2, 0.25) is 0 Å². The summed E-state index contributed by atoms with van der Waals surface area (Å²) in [5.41, 5.74) is 11.6. The Hall–Kier alpha value is -3.86. The molecule has 0 aliphatic heterocycles. The van der Waals surface area contributed by atoms with Crippen LogP contribution in [0.1, 0.15) is 34.1 Å². The molecule has 0 spiro atoms. The number of methoxy groups -OCH3 is 1. The number of Topliss-reactive ketones (excluding diaryl/α,β-unsaturated/α-hetero) is 1. The van der Waals surface area contributed by atoms with Gasteiger partial charge >= 0.3 is 0 Å². The molecule has 4 rings (SSSR count). The first-order valence-electron chi connectivity index (χ1n) is 10.2. The Labute approximate surface area is 181 Å². The van der Waals surface area contributed by atoms with E-state index in [1.807, 2.05) is 53.9 Å². The lowest BCUT2D eigenvalue weighted by atomic mass is 9.94. The summed E-state index contributed by atoms with van der Waals surface area (Å²) in [4.78, 5) is 24.6. The van der Waals surface area contributed by atoms with E-state index in [4.69, 9.17) is 10.5 Å². The van der Waals surface area contributed by atoms with Crippen molar-refractivity contribution in [2.45, 2.75) is 19.8 Å². The van der Waals surface area contributed by atoms with E-state index in [9.17, 15) is 9.59 Å². The Balaban J connectivity index is 1.94. The summed E-state index contributed by atoms with van der Waals surface area (Å²) >= 11 is 0. The van der Waals surface area contributed by atoms with Crippen LogP contribution in [0.5, 0.6) is 5.75 Å². The summed E-state index contributed by atoms with van der Waals surface area (Å²) < 4.78 is 7.33. The highest BCUT2D eigenvalue weighted by atomic mass is 16.5. The maximum absolute atomic E-state index is 12.8. The second kappa shape index (κ2) is 8.48. The number of ether oxygens (including phenoxy) is 1. The Morgan fingerprint density at radius 2 is 1.71 bits per heavy atom. The zero-order chi connectivity index (χ0) is 22.0. The van der Waals surface area contributed by atoms with Crippen LogP contribution in [0.4, 0.5) is 0 Å². The molecule has 5 nitrogen and oxygen atoms in total. The number of primary amides is 1. The van der Waals surface area contributed by atoms with Gasteiger partial charge in [-0.3, -0.25) is 9.59 Å². The number of nitrogens with two attached hydrogens (primary N) is 1. The van der Waals surface area contributed by atoms with Crippen molar-refractivity contribution in [3.63, 3.8) is 0 Å². The van der Waals surface area contributed by atoms with Gasteiger partial charge in [-0.25, -0.2) is 0 Å². The average molecular weight is 412 g/mol. The Morgan fingerprint density at radius 1 is 1.00 bits per heavy atom. The number of ketones is 1. The summed E-state index contributed by atoms with van der Waals surface area (Å²) in [5, 5.41) is 0. The van der Waals surface area contributed by atoms with Crippen LogP contribution in [0.3, 0.4) is 0 Å². The molecule has 0 bridgehead atoms. The molecule has 0 aliphatic rings. The number of aromatic nitrogens is 1. The predicted octanol–water partition coefficient (Wildman–Crippen LogP) is 4.44. The van der Waals surface area contributed by atoms with Crippen molar-refractivity contribution in [1.29, 1.82) is 0 Å². The van der Waals surface area contributed by atoms with Crippen LogP contribution < -0.4 is 10.5 Å². The van der Waals surface area contributed by atoms with Crippen LogP contribution in [0, 0.1) is 0 Å². The lowest BCUT2D eigenvalue weighted by molar-refractivity contribution is -0.114. The van der Waals surface area contributed by atoms with E-state index in [0.717, 1.165) is 27.9 Å². The third-order valence-corrected chi connectivity index (χ3v) is 5.62. The lowest BCUT2D eigenvalue weighted by Gasteiger charge is -2.12. The van der Waals surface area contributed by atoms with E-state index in [-0.39, 0.29) is 0 Å². The number of carbonyl (C=O) groups excluding carboxylic acids is 2. The molecule has 2 heterocycles. The minimum absolute atomic E-state index is 0.362. The fraction of sp³-hybridized carbons (Fsp3) is 0.154. The van der Waals surface area contributed by atoms with Crippen LogP contribution in [0.25, 0.3) is 16.6 Å². The van der Waals surface area contributed by atoms with E-state index in [1.54, 1.807) is 13.2 Å². The maximum Gasteiger partial charge on any atom is 0.289 e. The smallest absolute Gasteiger partial charge is 0.289 e. The minimum atomic E-state index is -0.957. The number of pyridine rings is 1. The van der Waals surface area contributed by atoms with Crippen LogP contribution >= 0.6 is 0 Å². The number of fused-ring (bicyclic) bond motifs is 1. The van der Waals surface area contributed by atoms with Crippen molar-refractivity contribution in [2.75, 3.05) is 7.11 Å². The molecule has 0 fully saturated rings. The minimum Gasteiger partial charge on any atom is -0.497 e. The molecule has 0 aliphatic carbocycles. The topological polar surface area (TPSA) is 73.8 Å². The molecular weight excluding hydrogens is 388 g/mol. The van der Waals surface area contributed by atoms with Crippen LogP contribution in [0.15, 0.2) is 72.9 Å². The first kappa shape index (κ1) is 20.4. The monoisotopic (exact) mass is 412 g/mol. The number of benzene rings is 2. The van der Waals surface area contributed by atoms with Gasteiger partial charge in [-0.15, -0.1) is 0 Å². The highest BCUT2D eigenvalue weighted by molar-refractivity contribution is 6.44. The molecule has 0 unspecified atom stereocenters. The van der Waals surface area contributed by atoms with Gasteiger partial charge in [-0.2, -0.15) is 0 Å². The van der Waals surface area contributed by atoms with Gasteiger partial charge in [-0.05, 0) is 34.7 Å². The molecule has 156 valence electrons. The zero-order valence-electron chi connectivity index (χ0n) is 17.6. The van der Waals surface area contributed by atoms with Gasteiger partial charge in [0.1, 0.15) is 5.75 Å². The highest BCUT2D eigenvalue weighted by Gasteiger charge is 2.26. The lowest BCUT2D eigenvalue weighted by Crippen LogP contribution is -2.24. The molecule has 0 saturated heterocycles. The summed E-state index contributed by atoms with van der Waals surface area (Å²) in [7, 11) is 1.57. The van der Waals surface area contributed by atoms with Gasteiger partial charge in [0.15, 0.2) is 0 Å². The van der Waals surface area contributed by atoms with Gasteiger partial charge in [0.25, 0.3) is 11.7 Å². The highest BCUT2D eigenvalue weighted by Crippen LogP contribution is 2.32. The van der Waals surface area contributed by atoms with Crippen molar-refractivity contribution >= 4 is 17.2 Å². The Bertz CT molecular complexity index is 1270. The number of hydrogen-bond acceptors (Lipinski definition) is 3. The van der Waals surface area contributed by atoms with E-state index in [0.29, 0.717) is 29.7 Å². The second-order valence-corrected chi connectivity index (χ2v) is 7.37. The van der Waals surface area contributed by atoms with Crippen molar-refractivity contribution in [2.24, 2.45) is 5.73 Å². The quantitative estimate of drug-likeness (QED) is 0.360. The van der Waals surface area contributed by atoms with Gasteiger partial charge in [0.2, 0.25) is 0 Å². The van der Waals surface area contributed by atoms with E-state index < -0.39 is 11.7 Å². The first-order chi connectivity index (χ1) is 15.0. The van der Waals surface area contributed by atoms with E-state index >= 15 is 0 Å². The number of amides is 1. The maximum atomic E-state index is 12.8. The van der Waals surface area contributed by atoms with Crippen molar-refractivity contribution in [3.05, 3.63) is 95.3 Å². The predicted molar refractivity (Wildman–Crippen MR) is 122 cm³/mol. The molecule has 0 atom stereocenters. The molecule has 0 radical (unpaired) electrons. The summed E-state index contributed by atoms with van der Waals surface area (Å²) in [6.45, 7) is 1.98. The Morgan fingerprint density at radius 3 is 2.39 bits per heavy atom. The summed E-state index contributed by atoms with van der Waals surface area (Å²) in [6, 6.07) is 22.1. The van der Waals surface area contributed by atoms with Gasteiger partial charge in [0, 0.05) is 24.4 Å². The molecule has 1 amide bonds. The fourth-order valence-corrected chi connectivity index (χ4v) is 4.18. The van der Waals surface area contributed by atoms with Crippen LogP contribution in [-0.4, -0.2) is 23.2 Å². The molecule has 5 heteroatoms. The van der Waals surface area contributed by atoms with E-state index in [1.165, 1.54) is 0 Å². The zero-order valence-corrected chi connectivity index (χ0v) is 17.6. The fourth-order valence-electron chi connectivity index (χ4n) is 4.18. The molecule has 2 aromatic heterocycles. The number of rotatable bonds is 7. The third-order valence-electron chi connectivity index (χ3n) is 5.62. The Kier molecular flexibility index (Phi) is 5.58.